The SMILES string of the molecule is COc1ccc(C(=O)NCCC2CCN(C(=O)Nc3ccc(F)cc3F)CC2)cc1OC. The standard InChI is InChI=1S/C23H27F2N3O4/c1-31-20-6-3-16(13-21(20)32-2)22(29)26-10-7-15-8-11-28(12-9-15)23(30)27-19-5-4-17(24)14-18(19)25/h3-6,13-15H,7-12H2,1-2H3,(H,26,29)(H,27,30). The van der Waals surface area contributed by atoms with Gasteiger partial charge in [-0.25, -0.2) is 13.6 Å². The molecule has 3 rings (SSSR count). The lowest BCUT2D eigenvalue weighted by Gasteiger charge is -2.32. The van der Waals surface area contributed by atoms with E-state index in [4.69, 9.17) is 9.47 Å². The first-order valence-electron chi connectivity index (χ1n) is 10.4. The van der Waals surface area contributed by atoms with Gasteiger partial charge in [-0.15, -0.1) is 0 Å². The van der Waals surface area contributed by atoms with Crippen molar-refractivity contribution in [2.45, 2.75) is 19.3 Å². The highest BCUT2D eigenvalue weighted by Crippen LogP contribution is 2.27. The van der Waals surface area contributed by atoms with Gasteiger partial charge >= 0.3 is 6.03 Å². The number of benzene rings is 2. The molecule has 7 nitrogen and oxygen atoms in total. The summed E-state index contributed by atoms with van der Waals surface area (Å²) in [5.41, 5.74) is 0.443. The van der Waals surface area contributed by atoms with Crippen molar-refractivity contribution in [3.63, 3.8) is 0 Å². The third-order valence-electron chi connectivity index (χ3n) is 5.56. The fourth-order valence-electron chi connectivity index (χ4n) is 3.68. The molecule has 1 fully saturated rings. The van der Waals surface area contributed by atoms with Crippen molar-refractivity contribution in [1.29, 1.82) is 0 Å². The smallest absolute Gasteiger partial charge is 0.321 e. The van der Waals surface area contributed by atoms with Gasteiger partial charge in [0.05, 0.1) is 19.9 Å². The largest absolute Gasteiger partial charge is 0.493 e. The number of anilines is 1. The Morgan fingerprint density at radius 1 is 1.03 bits per heavy atom. The minimum absolute atomic E-state index is 0.0450. The number of hydrogen-bond acceptors (Lipinski definition) is 4. The number of hydrogen-bond donors (Lipinski definition) is 2. The van der Waals surface area contributed by atoms with Gasteiger partial charge in [0.15, 0.2) is 11.5 Å². The minimum atomic E-state index is -0.807. The van der Waals surface area contributed by atoms with E-state index in [0.29, 0.717) is 42.6 Å². The van der Waals surface area contributed by atoms with Gasteiger partial charge in [-0.2, -0.15) is 0 Å². The maximum Gasteiger partial charge on any atom is 0.321 e. The first-order chi connectivity index (χ1) is 15.4. The second kappa shape index (κ2) is 10.8. The van der Waals surface area contributed by atoms with Gasteiger partial charge in [-0.3, -0.25) is 4.79 Å². The van der Waals surface area contributed by atoms with Crippen LogP contribution in [-0.2, 0) is 0 Å². The third kappa shape index (κ3) is 5.87. The molecule has 9 heteroatoms. The second-order valence-electron chi connectivity index (χ2n) is 7.60. The highest BCUT2D eigenvalue weighted by atomic mass is 19.1. The molecular formula is C23H27F2N3O4. The van der Waals surface area contributed by atoms with Gasteiger partial charge in [0.1, 0.15) is 11.6 Å². The zero-order valence-electron chi connectivity index (χ0n) is 18.1. The molecule has 2 N–H and O–H groups in total. The Hall–Kier alpha value is -3.36. The summed E-state index contributed by atoms with van der Waals surface area (Å²) in [7, 11) is 3.05. The van der Waals surface area contributed by atoms with E-state index in [-0.39, 0.29) is 11.6 Å². The molecule has 1 heterocycles. The Morgan fingerprint density at radius 3 is 2.41 bits per heavy atom. The quantitative estimate of drug-likeness (QED) is 0.671. The second-order valence-corrected chi connectivity index (χ2v) is 7.60. The van der Waals surface area contributed by atoms with Crippen LogP contribution in [0, 0.1) is 17.6 Å². The molecule has 2 aromatic rings. The number of methoxy groups -OCH3 is 2. The fourth-order valence-corrected chi connectivity index (χ4v) is 3.68. The van der Waals surface area contributed by atoms with Gasteiger partial charge in [-0.1, -0.05) is 0 Å². The van der Waals surface area contributed by atoms with Crippen molar-refractivity contribution in [3.05, 3.63) is 53.6 Å². The third-order valence-corrected chi connectivity index (χ3v) is 5.56. The predicted molar refractivity (Wildman–Crippen MR) is 116 cm³/mol. The first kappa shape index (κ1) is 23.3. The Bertz CT molecular complexity index is 962. The number of nitrogens with zero attached hydrogens (tertiary/aromatic N) is 1. The number of ether oxygens (including phenoxy) is 2. The van der Waals surface area contributed by atoms with E-state index >= 15 is 0 Å². The van der Waals surface area contributed by atoms with Gasteiger partial charge in [0.25, 0.3) is 5.91 Å². The van der Waals surface area contributed by atoms with Crippen LogP contribution >= 0.6 is 0 Å². The molecule has 0 radical (unpaired) electrons. The number of likely N-dealkylation sites (tertiary alicyclic amines) is 1. The molecule has 0 aliphatic carbocycles. The Kier molecular flexibility index (Phi) is 7.86. The molecule has 0 atom stereocenters. The molecule has 172 valence electrons. The zero-order valence-corrected chi connectivity index (χ0v) is 18.1. The molecule has 0 bridgehead atoms. The highest BCUT2D eigenvalue weighted by molar-refractivity contribution is 5.94. The van der Waals surface area contributed by atoms with Crippen LogP contribution in [0.3, 0.4) is 0 Å². The lowest BCUT2D eigenvalue weighted by molar-refractivity contribution is 0.0949. The maximum atomic E-state index is 13.7. The molecule has 0 saturated carbocycles. The summed E-state index contributed by atoms with van der Waals surface area (Å²) < 4.78 is 37.1. The van der Waals surface area contributed by atoms with Crippen molar-refractivity contribution in [1.82, 2.24) is 10.2 Å². The van der Waals surface area contributed by atoms with Crippen LogP contribution in [0.15, 0.2) is 36.4 Å². The lowest BCUT2D eigenvalue weighted by atomic mass is 9.93. The van der Waals surface area contributed by atoms with Crippen molar-refractivity contribution >= 4 is 17.6 Å². The molecule has 1 aliphatic heterocycles. The van der Waals surface area contributed by atoms with E-state index in [1.807, 2.05) is 0 Å². The Balaban J connectivity index is 1.41. The summed E-state index contributed by atoms with van der Waals surface area (Å²) in [5.74, 6) is -0.275. The van der Waals surface area contributed by atoms with E-state index in [1.54, 1.807) is 23.1 Å². The number of urea groups is 1. The topological polar surface area (TPSA) is 79.9 Å². The summed E-state index contributed by atoms with van der Waals surface area (Å²) in [6.07, 6.45) is 2.36. The van der Waals surface area contributed by atoms with Crippen molar-refractivity contribution in [2.75, 3.05) is 39.2 Å². The van der Waals surface area contributed by atoms with Crippen LogP contribution < -0.4 is 20.1 Å². The van der Waals surface area contributed by atoms with Gasteiger partial charge in [0, 0.05) is 31.3 Å². The number of carbonyl (C=O) groups excluding carboxylic acids is 2. The van der Waals surface area contributed by atoms with Crippen molar-refractivity contribution < 1.29 is 27.8 Å². The molecule has 0 unspecified atom stereocenters. The van der Waals surface area contributed by atoms with E-state index in [1.165, 1.54) is 20.3 Å². The minimum Gasteiger partial charge on any atom is -0.493 e. The summed E-state index contributed by atoms with van der Waals surface area (Å²) in [6.45, 7) is 1.58. The van der Waals surface area contributed by atoms with Crippen LogP contribution in [0.4, 0.5) is 19.3 Å². The van der Waals surface area contributed by atoms with Crippen molar-refractivity contribution in [2.24, 2.45) is 5.92 Å². The summed E-state index contributed by atoms with van der Waals surface area (Å²) in [4.78, 5) is 26.4. The summed E-state index contributed by atoms with van der Waals surface area (Å²) in [5, 5.41) is 5.40. The highest BCUT2D eigenvalue weighted by Gasteiger charge is 2.23. The number of carbonyl (C=O) groups is 2. The van der Waals surface area contributed by atoms with Crippen molar-refractivity contribution in [3.8, 4) is 11.5 Å². The Morgan fingerprint density at radius 2 is 1.75 bits per heavy atom. The molecule has 32 heavy (non-hydrogen) atoms. The Labute approximate surface area is 185 Å². The molecule has 2 aromatic carbocycles. The fraction of sp³-hybridized carbons (Fsp3) is 0.391. The number of piperidine rings is 1. The van der Waals surface area contributed by atoms with Crippen LogP contribution in [0.5, 0.6) is 11.5 Å². The monoisotopic (exact) mass is 447 g/mol. The average Bonchev–Trinajstić information content (AvgIpc) is 2.80. The lowest BCUT2D eigenvalue weighted by Crippen LogP contribution is -2.41. The van der Waals surface area contributed by atoms with E-state index in [0.717, 1.165) is 31.4 Å². The zero-order chi connectivity index (χ0) is 23.1. The number of nitrogens with one attached hydrogen (secondary N) is 2. The van der Waals surface area contributed by atoms with E-state index in [9.17, 15) is 18.4 Å². The van der Waals surface area contributed by atoms with Gasteiger partial charge in [-0.05, 0) is 55.5 Å². The van der Waals surface area contributed by atoms with Crippen LogP contribution in [-0.4, -0.2) is 50.7 Å². The number of halogens is 2. The molecular weight excluding hydrogens is 420 g/mol. The predicted octanol–water partition coefficient (Wildman–Crippen LogP) is 4.05. The molecule has 0 aromatic heterocycles. The van der Waals surface area contributed by atoms with Gasteiger partial charge in [0.2, 0.25) is 0 Å². The normalized spacial score (nSPS) is 14.1. The van der Waals surface area contributed by atoms with Gasteiger partial charge < -0.3 is 25.0 Å². The number of rotatable bonds is 7. The summed E-state index contributed by atoms with van der Waals surface area (Å²) in [6, 6.07) is 7.63. The first-order valence-corrected chi connectivity index (χ1v) is 10.4. The molecule has 0 spiro atoms. The molecule has 3 amide bonds. The maximum absolute atomic E-state index is 13.7. The molecule has 1 aliphatic rings. The van der Waals surface area contributed by atoms with Crippen LogP contribution in [0.25, 0.3) is 0 Å². The summed E-state index contributed by atoms with van der Waals surface area (Å²) >= 11 is 0. The average molecular weight is 447 g/mol. The van der Waals surface area contributed by atoms with Crippen LogP contribution in [0.1, 0.15) is 29.6 Å². The number of amides is 3. The van der Waals surface area contributed by atoms with E-state index in [2.05, 4.69) is 10.6 Å². The molecule has 1 saturated heterocycles. The van der Waals surface area contributed by atoms with Crippen LogP contribution in [0.2, 0.25) is 0 Å². The van der Waals surface area contributed by atoms with E-state index < -0.39 is 17.7 Å².